The van der Waals surface area contributed by atoms with Gasteiger partial charge in [-0.3, -0.25) is 19.9 Å². The molecule has 0 spiro atoms. The van der Waals surface area contributed by atoms with E-state index in [9.17, 15) is 0 Å². The average Bonchev–Trinajstić information content (AvgIpc) is 1.60. The molecular weight excluding hydrogens is 1630 g/mol. The Labute approximate surface area is 770 Å². The molecule has 14 aromatic rings. The molecule has 19 rings (SSSR count). The maximum Gasteiger partial charge on any atom is 0.121 e. The lowest BCUT2D eigenvalue weighted by molar-refractivity contribution is 0.305. The first-order valence-corrected chi connectivity index (χ1v) is 46.3. The van der Waals surface area contributed by atoms with Gasteiger partial charge in [-0.05, 0) is 312 Å². The molecule has 0 aliphatic carbocycles. The summed E-state index contributed by atoms with van der Waals surface area (Å²) in [5.74, 6) is 30.2. The molecule has 4 N–H and O–H groups in total. The minimum absolute atomic E-state index is 0.518. The summed E-state index contributed by atoms with van der Waals surface area (Å²) in [5.41, 5.74) is 28.9. The maximum atomic E-state index is 6.84. The van der Waals surface area contributed by atoms with Crippen LogP contribution in [0.5, 0.6) is 23.0 Å². The van der Waals surface area contributed by atoms with Crippen molar-refractivity contribution in [1.82, 2.24) is 59.8 Å². The van der Waals surface area contributed by atoms with Gasteiger partial charge in [0.1, 0.15) is 23.0 Å². The first-order valence-electron chi connectivity index (χ1n) is 46.3. The zero-order chi connectivity index (χ0) is 89.3. The first-order chi connectivity index (χ1) is 65.2. The Balaban J connectivity index is 0.907. The molecule has 0 amide bonds. The van der Waals surface area contributed by atoms with Gasteiger partial charge in [-0.1, -0.05) is 128 Å². The average molecular weight is 1730 g/mol. The van der Waals surface area contributed by atoms with Gasteiger partial charge in [-0.15, -0.1) is 0 Å². The summed E-state index contributed by atoms with van der Waals surface area (Å²) in [6.45, 7) is 11.0. The second-order valence-electron chi connectivity index (χ2n) is 33.6. The van der Waals surface area contributed by atoms with Crippen LogP contribution in [0.4, 0.5) is 0 Å². The van der Waals surface area contributed by atoms with E-state index in [1.54, 1.807) is 0 Å². The van der Waals surface area contributed by atoms with Crippen molar-refractivity contribution < 1.29 is 18.9 Å². The third-order valence-corrected chi connectivity index (χ3v) is 24.2. The monoisotopic (exact) mass is 1720 g/mol. The quantitative estimate of drug-likeness (QED) is 0.0267. The fourth-order valence-electron chi connectivity index (χ4n) is 17.8. The number of nitrogens with one attached hydrogen (secondary N) is 4. The number of unbranched alkanes of at least 4 members (excludes halogenated alkanes) is 12. The zero-order valence-electron chi connectivity index (χ0n) is 74.8. The van der Waals surface area contributed by atoms with E-state index in [-0.39, 0.29) is 0 Å². The van der Waals surface area contributed by atoms with Crippen molar-refractivity contribution >= 4 is 92.7 Å². The number of aromatic amines is 4. The van der Waals surface area contributed by atoms with E-state index in [2.05, 4.69) is 261 Å². The van der Waals surface area contributed by atoms with Crippen LogP contribution in [0, 0.1) is 47.4 Å². The van der Waals surface area contributed by atoms with Gasteiger partial charge in [-0.25, -0.2) is 19.9 Å². The third kappa shape index (κ3) is 19.4. The fraction of sp³-hybridized carbons (Fsp3) is 0.207. The lowest BCUT2D eigenvalue weighted by atomic mass is 10.0. The predicted octanol–water partition coefficient (Wildman–Crippen LogP) is 27.5. The summed E-state index contributed by atoms with van der Waals surface area (Å²) >= 11 is 0. The Morgan fingerprint density at radius 2 is 0.402 bits per heavy atom. The highest BCUT2D eigenvalue weighted by Gasteiger charge is 2.25. The van der Waals surface area contributed by atoms with E-state index in [0.717, 1.165) is 281 Å². The van der Waals surface area contributed by atoms with Crippen LogP contribution < -0.4 is 18.9 Å². The number of hydrogen-bond donors (Lipinski definition) is 4. The standard InChI is InChI=1S/C116H100N12O4/c1-5-9-13-21-61-129-89-69-77-25-17-18-26-78-66-86(74-90(70-78)130-62-22-14-10-6-2)114-105-41-33-97(125-105)111(83-49-57-119-58-50-83)99-35-43-107(127-99)116(108-44-36-100(128-108)112(84-51-59-120-60-52-84)98-34-42-106(114)126-98)88-68-80(72-92(76-88)132-64-24-16-12-8-4)28-20-19-27-79-67-87(75-91(71-79)131-63-23-15-11-7-3)115-103-39-31-95(123-103)109(81-45-53-117-54-46-81)93-29-37-101(121-93)113(85(65-77)73-89)102-38-30-94(122-102)110(82-47-55-118-56-48-82)96-32-40-104(115)124-96/h29-60,65-76,121,124-125,128H,5-16,21-24,61-64H2,1-4H3. The van der Waals surface area contributed by atoms with Gasteiger partial charge in [0, 0.05) is 160 Å². The molecule has 4 aromatic carbocycles. The Morgan fingerprint density at radius 1 is 0.212 bits per heavy atom. The predicted molar refractivity (Wildman–Crippen MR) is 538 cm³/mol. The molecule has 28 bridgehead atoms. The molecule has 10 aromatic heterocycles. The Hall–Kier alpha value is -15.9. The molecule has 132 heavy (non-hydrogen) atoms. The van der Waals surface area contributed by atoms with Crippen molar-refractivity contribution in [3.63, 3.8) is 0 Å². The van der Waals surface area contributed by atoms with Crippen molar-refractivity contribution in [3.8, 4) is 159 Å². The summed E-state index contributed by atoms with van der Waals surface area (Å²) in [6, 6.07) is 58.3. The summed E-state index contributed by atoms with van der Waals surface area (Å²) in [4.78, 5) is 56.9. The van der Waals surface area contributed by atoms with Crippen molar-refractivity contribution in [2.75, 3.05) is 26.4 Å². The van der Waals surface area contributed by atoms with E-state index in [1.165, 1.54) is 0 Å². The molecule has 0 saturated heterocycles. The SMILES string of the molecule is CCCCCCOc1cc2cc(c1)-c1c3nc(c(-c4ccncc4)c4ccc([nH]4)c(c4nc(c(-c5ccncc5)c5ccc1[nH]5)C=C4)-c1cc(cc(OCCCCCC)c1)C#CC#Cc1cc(OCCCCCC)cc(c1)-c1c4nc(c(-c5ccncc5)c5ccc([nH]5)c(c5nc(c(-c6ccncc6)c6ccc1[nH]6)C=C5)-c1cc(cc(OCCCCCC)c1)C#CC#C2)C=C4)C=C3. The highest BCUT2D eigenvalue weighted by molar-refractivity contribution is 6.04. The molecule has 0 fully saturated rings. The first kappa shape index (κ1) is 85.6. The van der Waals surface area contributed by atoms with E-state index >= 15 is 0 Å². The molecule has 15 heterocycles. The van der Waals surface area contributed by atoms with E-state index in [1.807, 2.05) is 122 Å². The maximum absolute atomic E-state index is 6.84. The summed E-state index contributed by atoms with van der Waals surface area (Å²) in [7, 11) is 0. The van der Waals surface area contributed by atoms with Crippen LogP contribution in [0.15, 0.2) is 219 Å². The van der Waals surface area contributed by atoms with Crippen LogP contribution in [-0.4, -0.2) is 86.2 Å². The van der Waals surface area contributed by atoms with E-state index in [0.29, 0.717) is 71.7 Å². The van der Waals surface area contributed by atoms with Gasteiger partial charge in [0.05, 0.1) is 72.0 Å². The molecule has 16 nitrogen and oxygen atoms in total. The lowest BCUT2D eigenvalue weighted by Gasteiger charge is -2.11. The summed E-state index contributed by atoms with van der Waals surface area (Å²) < 4.78 is 27.4. The number of fused-ring (bicyclic) bond motifs is 24. The van der Waals surface area contributed by atoms with E-state index in [4.69, 9.17) is 38.9 Å². The Morgan fingerprint density at radius 3 is 0.591 bits per heavy atom. The second-order valence-corrected chi connectivity index (χ2v) is 33.6. The number of ether oxygens (including phenoxy) is 4. The zero-order valence-corrected chi connectivity index (χ0v) is 74.8. The molecule has 648 valence electrons. The van der Waals surface area contributed by atoms with Crippen molar-refractivity contribution in [2.45, 2.75) is 130 Å². The topological polar surface area (TPSA) is 203 Å². The normalized spacial score (nSPS) is 12.0. The van der Waals surface area contributed by atoms with Crippen molar-refractivity contribution in [2.24, 2.45) is 0 Å². The van der Waals surface area contributed by atoms with Crippen molar-refractivity contribution in [1.29, 1.82) is 0 Å². The van der Waals surface area contributed by atoms with Crippen LogP contribution in [0.25, 0.3) is 182 Å². The fourth-order valence-corrected chi connectivity index (χ4v) is 17.8. The lowest BCUT2D eigenvalue weighted by Crippen LogP contribution is -1.98. The van der Waals surface area contributed by atoms with Gasteiger partial charge < -0.3 is 38.9 Å². The van der Waals surface area contributed by atoms with Crippen LogP contribution >= 0.6 is 0 Å². The molecule has 0 unspecified atom stereocenters. The van der Waals surface area contributed by atoms with Gasteiger partial charge in [-0.2, -0.15) is 0 Å². The smallest absolute Gasteiger partial charge is 0.121 e. The van der Waals surface area contributed by atoms with Crippen LogP contribution in [0.2, 0.25) is 0 Å². The number of hydrogen-bond acceptors (Lipinski definition) is 12. The van der Waals surface area contributed by atoms with Crippen LogP contribution in [0.1, 0.15) is 198 Å². The number of benzene rings is 4. The van der Waals surface area contributed by atoms with Gasteiger partial charge in [0.25, 0.3) is 0 Å². The summed E-state index contributed by atoms with van der Waals surface area (Å²) in [5, 5.41) is 0. The number of pyridine rings is 4. The van der Waals surface area contributed by atoms with Gasteiger partial charge in [0.15, 0.2) is 0 Å². The molecule has 0 saturated carbocycles. The second kappa shape index (κ2) is 40.6. The van der Waals surface area contributed by atoms with Crippen LogP contribution in [-0.2, 0) is 0 Å². The number of H-pyrrole nitrogens is 4. The highest BCUT2D eigenvalue weighted by atomic mass is 16.5. The van der Waals surface area contributed by atoms with Crippen molar-refractivity contribution in [3.05, 3.63) is 287 Å². The van der Waals surface area contributed by atoms with Gasteiger partial charge in [0.2, 0.25) is 0 Å². The Bertz CT molecular complexity index is 6600. The number of aromatic nitrogens is 12. The molecule has 5 aliphatic heterocycles. The minimum Gasteiger partial charge on any atom is -0.494 e. The largest absolute Gasteiger partial charge is 0.494 e. The highest BCUT2D eigenvalue weighted by Crippen LogP contribution is 2.45. The molecule has 5 aliphatic rings. The van der Waals surface area contributed by atoms with Gasteiger partial charge >= 0.3 is 0 Å². The minimum atomic E-state index is 0.518. The van der Waals surface area contributed by atoms with Crippen LogP contribution in [0.3, 0.4) is 0 Å². The number of rotatable bonds is 28. The molecule has 16 heteroatoms. The number of nitrogens with zero attached hydrogens (tertiary/aromatic N) is 8. The molecule has 0 atom stereocenters. The molecular formula is C116H100N12O4. The third-order valence-electron chi connectivity index (χ3n) is 24.2. The van der Waals surface area contributed by atoms with E-state index < -0.39 is 0 Å². The Kier molecular flexibility index (Phi) is 26.3. The molecule has 0 radical (unpaired) electrons. The summed E-state index contributed by atoms with van der Waals surface area (Å²) in [6.07, 6.45) is 48.0.